The Bertz CT molecular complexity index is 501. The zero-order chi connectivity index (χ0) is 26.3. The van der Waals surface area contributed by atoms with Crippen molar-refractivity contribution in [3.05, 3.63) is 0 Å². The van der Waals surface area contributed by atoms with Gasteiger partial charge in [0, 0.05) is 6.61 Å². The molecule has 212 valence electrons. The van der Waals surface area contributed by atoms with Crippen LogP contribution in [0, 0.1) is 0 Å². The fraction of sp³-hybridized carbons (Fsp3) is 1.00. The lowest BCUT2D eigenvalue weighted by Crippen LogP contribution is -2.37. The fourth-order valence-electron chi connectivity index (χ4n) is 3.88. The van der Waals surface area contributed by atoms with Crippen LogP contribution in [0.15, 0.2) is 0 Å². The second-order valence-corrected chi connectivity index (χ2v) is 12.4. The molecule has 0 heterocycles. The molecule has 0 aliphatic rings. The number of aliphatic hydroxyl groups is 1. The Labute approximate surface area is 217 Å². The molecule has 0 aliphatic heterocycles. The molecular weight excluding hydrogens is 465 g/mol. The fourth-order valence-corrected chi connectivity index (χ4v) is 4.62. The number of nitrogens with zero attached hydrogens (tertiary/aromatic N) is 1. The Morgan fingerprint density at radius 3 is 1.51 bits per heavy atom. The van der Waals surface area contributed by atoms with Crippen molar-refractivity contribution in [2.24, 2.45) is 0 Å². The molecule has 0 saturated carbocycles. The van der Waals surface area contributed by atoms with Crippen molar-refractivity contribution in [1.29, 1.82) is 0 Å². The number of aliphatic hydroxyl groups excluding tert-OH is 1. The summed E-state index contributed by atoms with van der Waals surface area (Å²) in [7, 11) is 1.80. The van der Waals surface area contributed by atoms with Crippen molar-refractivity contribution in [3.8, 4) is 0 Å². The van der Waals surface area contributed by atoms with Gasteiger partial charge in [-0.2, -0.15) is 0 Å². The lowest BCUT2D eigenvalue weighted by Gasteiger charge is -2.24. The monoisotopic (exact) mass is 524 g/mol. The molecule has 0 saturated heterocycles. The van der Waals surface area contributed by atoms with Gasteiger partial charge < -0.3 is 19.2 Å². The zero-order valence-corrected chi connectivity index (χ0v) is 24.4. The summed E-state index contributed by atoms with van der Waals surface area (Å²) in [6.07, 6.45) is 21.9. The number of rotatable bonds is 27. The van der Waals surface area contributed by atoms with Crippen LogP contribution in [0.5, 0.6) is 0 Å². The van der Waals surface area contributed by atoms with Crippen LogP contribution in [0.4, 0.5) is 0 Å². The standard InChI is InChI=1S/C27H58NO6P/c1-5-6-7-8-9-10-11-12-13-14-15-16-17-18-19-20-21-23-32-27(25-29)26-34-35(30,31)33-24-22-28(2,3)4/h27,29H,5-26H2,1-4H3/p+1/t27-/m0/s1. The quantitative estimate of drug-likeness (QED) is 0.0694. The van der Waals surface area contributed by atoms with Crippen molar-refractivity contribution in [2.45, 2.75) is 122 Å². The summed E-state index contributed by atoms with van der Waals surface area (Å²) in [6, 6.07) is 0. The summed E-state index contributed by atoms with van der Waals surface area (Å²) < 4.78 is 28.1. The van der Waals surface area contributed by atoms with Crippen molar-refractivity contribution in [1.82, 2.24) is 0 Å². The Kier molecular flexibility index (Phi) is 23.1. The Morgan fingerprint density at radius 2 is 1.11 bits per heavy atom. The van der Waals surface area contributed by atoms with Gasteiger partial charge in [-0.3, -0.25) is 9.05 Å². The van der Waals surface area contributed by atoms with E-state index in [2.05, 4.69) is 6.92 Å². The smallest absolute Gasteiger partial charge is 0.394 e. The number of phosphoric acid groups is 1. The highest BCUT2D eigenvalue weighted by Crippen LogP contribution is 2.43. The summed E-state index contributed by atoms with van der Waals surface area (Å²) in [5.74, 6) is 0. The predicted octanol–water partition coefficient (Wildman–Crippen LogP) is 6.86. The molecule has 0 amide bonds. The first-order chi connectivity index (χ1) is 16.7. The molecule has 2 atom stereocenters. The van der Waals surface area contributed by atoms with E-state index in [0.29, 0.717) is 17.6 Å². The number of ether oxygens (including phenoxy) is 1. The average Bonchev–Trinajstić information content (AvgIpc) is 2.79. The number of quaternary nitrogens is 1. The Balaban J connectivity index is 3.49. The van der Waals surface area contributed by atoms with Gasteiger partial charge in [0.1, 0.15) is 19.3 Å². The van der Waals surface area contributed by atoms with Gasteiger partial charge in [-0.15, -0.1) is 0 Å². The SMILES string of the molecule is CCCCCCCCCCCCCCCCCCCO[C@@H](CO)COP(=O)(O)OCC[N+](C)(C)C. The number of likely N-dealkylation sites (N-methyl/N-ethyl adjacent to an activating group) is 1. The van der Waals surface area contributed by atoms with Crippen LogP contribution >= 0.6 is 7.82 Å². The van der Waals surface area contributed by atoms with E-state index in [1.807, 2.05) is 21.1 Å². The van der Waals surface area contributed by atoms with Gasteiger partial charge in [0.05, 0.1) is 34.4 Å². The molecule has 0 fully saturated rings. The molecule has 0 aromatic carbocycles. The summed E-state index contributed by atoms with van der Waals surface area (Å²) in [5.41, 5.74) is 0. The van der Waals surface area contributed by atoms with Gasteiger partial charge in [0.2, 0.25) is 0 Å². The van der Waals surface area contributed by atoms with Crippen LogP contribution < -0.4 is 0 Å². The molecule has 0 aliphatic carbocycles. The van der Waals surface area contributed by atoms with Crippen molar-refractivity contribution < 1.29 is 32.8 Å². The number of phosphoric ester groups is 1. The average molecular weight is 525 g/mol. The zero-order valence-electron chi connectivity index (χ0n) is 23.6. The van der Waals surface area contributed by atoms with Crippen LogP contribution in [0.3, 0.4) is 0 Å². The first-order valence-electron chi connectivity index (χ1n) is 14.3. The van der Waals surface area contributed by atoms with Crippen LogP contribution in [0.1, 0.15) is 116 Å². The summed E-state index contributed by atoms with van der Waals surface area (Å²) in [5, 5.41) is 9.43. The van der Waals surface area contributed by atoms with E-state index >= 15 is 0 Å². The van der Waals surface area contributed by atoms with Gasteiger partial charge in [0.15, 0.2) is 0 Å². The number of hydrogen-bond donors (Lipinski definition) is 2. The largest absolute Gasteiger partial charge is 0.472 e. The molecule has 2 N–H and O–H groups in total. The molecule has 0 aromatic rings. The third kappa shape index (κ3) is 26.9. The van der Waals surface area contributed by atoms with Crippen LogP contribution in [0.25, 0.3) is 0 Å². The molecule has 1 unspecified atom stereocenters. The van der Waals surface area contributed by atoms with E-state index in [1.165, 1.54) is 96.3 Å². The minimum Gasteiger partial charge on any atom is -0.394 e. The van der Waals surface area contributed by atoms with Crippen molar-refractivity contribution in [2.75, 3.05) is 54.1 Å². The maximum absolute atomic E-state index is 11.9. The normalized spacial score (nSPS) is 14.8. The maximum atomic E-state index is 11.9. The van der Waals surface area contributed by atoms with E-state index in [-0.39, 0.29) is 19.8 Å². The third-order valence-electron chi connectivity index (χ3n) is 6.25. The maximum Gasteiger partial charge on any atom is 0.472 e. The van der Waals surface area contributed by atoms with E-state index < -0.39 is 13.9 Å². The minimum absolute atomic E-state index is 0.126. The lowest BCUT2D eigenvalue weighted by atomic mass is 10.0. The molecule has 7 nitrogen and oxygen atoms in total. The predicted molar refractivity (Wildman–Crippen MR) is 146 cm³/mol. The van der Waals surface area contributed by atoms with Crippen molar-refractivity contribution >= 4 is 7.82 Å². The highest BCUT2D eigenvalue weighted by Gasteiger charge is 2.24. The molecule has 8 heteroatoms. The first kappa shape index (κ1) is 35.0. The third-order valence-corrected chi connectivity index (χ3v) is 7.23. The Morgan fingerprint density at radius 1 is 0.686 bits per heavy atom. The number of unbranched alkanes of at least 4 members (excludes halogenated alkanes) is 16. The van der Waals surface area contributed by atoms with Crippen molar-refractivity contribution in [3.63, 3.8) is 0 Å². The van der Waals surface area contributed by atoms with Gasteiger partial charge in [-0.25, -0.2) is 4.57 Å². The summed E-state index contributed by atoms with van der Waals surface area (Å²) >= 11 is 0. The highest BCUT2D eigenvalue weighted by atomic mass is 31.2. The highest BCUT2D eigenvalue weighted by molar-refractivity contribution is 7.47. The van der Waals surface area contributed by atoms with Gasteiger partial charge in [-0.05, 0) is 6.42 Å². The topological polar surface area (TPSA) is 85.2 Å². The van der Waals surface area contributed by atoms with Crippen LogP contribution in [0.2, 0.25) is 0 Å². The molecule has 0 radical (unpaired) electrons. The van der Waals surface area contributed by atoms with Crippen LogP contribution in [-0.4, -0.2) is 74.7 Å². The summed E-state index contributed by atoms with van der Waals surface area (Å²) in [6.45, 7) is 3.10. The number of hydrogen-bond acceptors (Lipinski definition) is 5. The second-order valence-electron chi connectivity index (χ2n) is 10.9. The molecule has 0 aromatic heterocycles. The van der Waals surface area contributed by atoms with Gasteiger partial charge >= 0.3 is 7.82 Å². The van der Waals surface area contributed by atoms with E-state index in [9.17, 15) is 14.6 Å². The van der Waals surface area contributed by atoms with Crippen LogP contribution in [-0.2, 0) is 18.3 Å². The molecule has 35 heavy (non-hydrogen) atoms. The summed E-state index contributed by atoms with van der Waals surface area (Å²) in [4.78, 5) is 9.75. The molecule has 0 rings (SSSR count). The molecule has 0 spiro atoms. The van der Waals surface area contributed by atoms with E-state index in [0.717, 1.165) is 12.8 Å². The van der Waals surface area contributed by atoms with E-state index in [1.54, 1.807) is 0 Å². The Hall–Kier alpha value is -0.0100. The lowest BCUT2D eigenvalue weighted by molar-refractivity contribution is -0.870. The van der Waals surface area contributed by atoms with Gasteiger partial charge in [-0.1, -0.05) is 110 Å². The second kappa shape index (κ2) is 23.1. The van der Waals surface area contributed by atoms with E-state index in [4.69, 9.17) is 13.8 Å². The molecular formula is C27H59NO6P+. The first-order valence-corrected chi connectivity index (χ1v) is 15.8. The van der Waals surface area contributed by atoms with Gasteiger partial charge in [0.25, 0.3) is 0 Å². The minimum atomic E-state index is -4.13. The molecule has 0 bridgehead atoms.